The Labute approximate surface area is 119 Å². The maximum Gasteiger partial charge on any atom is 0.274 e. The fraction of sp³-hybridized carbons (Fsp3) is 0.143. The van der Waals surface area contributed by atoms with Gasteiger partial charge in [0.2, 0.25) is 0 Å². The number of ether oxygens (including phenoxy) is 1. The lowest BCUT2D eigenvalue weighted by Gasteiger charge is -2.09. The Kier molecular flexibility index (Phi) is 4.20. The van der Waals surface area contributed by atoms with E-state index in [1.807, 2.05) is 0 Å². The van der Waals surface area contributed by atoms with E-state index in [1.165, 1.54) is 36.4 Å². The average Bonchev–Trinajstić information content (AvgIpc) is 2.41. The van der Waals surface area contributed by atoms with Crippen molar-refractivity contribution in [3.63, 3.8) is 0 Å². The van der Waals surface area contributed by atoms with E-state index in [9.17, 15) is 14.5 Å². The summed E-state index contributed by atoms with van der Waals surface area (Å²) in [5.41, 5.74) is 0.952. The van der Waals surface area contributed by atoms with Crippen molar-refractivity contribution in [2.75, 3.05) is 0 Å². The van der Waals surface area contributed by atoms with Crippen molar-refractivity contribution in [3.8, 4) is 11.5 Å². The van der Waals surface area contributed by atoms with Crippen LogP contribution in [0, 0.1) is 22.9 Å². The van der Waals surface area contributed by atoms with Gasteiger partial charge >= 0.3 is 0 Å². The van der Waals surface area contributed by atoms with Gasteiger partial charge in [0.15, 0.2) is 0 Å². The third kappa shape index (κ3) is 3.05. The Morgan fingerprint density at radius 3 is 2.65 bits per heavy atom. The molecule has 0 aliphatic carbocycles. The van der Waals surface area contributed by atoms with Gasteiger partial charge in [0.05, 0.1) is 10.8 Å². The molecule has 2 aromatic carbocycles. The third-order valence-corrected chi connectivity index (χ3v) is 3.04. The fourth-order valence-electron chi connectivity index (χ4n) is 1.76. The maximum atomic E-state index is 13.0. The molecule has 104 valence electrons. The summed E-state index contributed by atoms with van der Waals surface area (Å²) in [4.78, 5) is 10.3. The molecule has 0 aliphatic heterocycles. The molecule has 0 N–H and O–H groups in total. The Bertz CT molecular complexity index is 661. The number of benzene rings is 2. The molecule has 0 bridgehead atoms. The standard InChI is InChI=1S/C14H11ClFNO3/c1-9-6-11(16)2-5-14(9)20-12-3-4-13(17(18)19)10(7-12)8-15/h2-7H,8H2,1H3. The van der Waals surface area contributed by atoms with Crippen molar-refractivity contribution < 1.29 is 14.1 Å². The minimum atomic E-state index is -0.495. The number of nitro groups is 1. The molecule has 0 saturated carbocycles. The third-order valence-electron chi connectivity index (χ3n) is 2.76. The summed E-state index contributed by atoms with van der Waals surface area (Å²) >= 11 is 5.69. The molecule has 0 radical (unpaired) electrons. The van der Waals surface area contributed by atoms with Crippen LogP contribution >= 0.6 is 11.6 Å². The summed E-state index contributed by atoms with van der Waals surface area (Å²) in [6.45, 7) is 1.71. The van der Waals surface area contributed by atoms with Crippen LogP contribution in [0.2, 0.25) is 0 Å². The monoisotopic (exact) mass is 295 g/mol. The van der Waals surface area contributed by atoms with E-state index >= 15 is 0 Å². The van der Waals surface area contributed by atoms with Gasteiger partial charge in [0.1, 0.15) is 17.3 Å². The number of alkyl halides is 1. The molecular formula is C14H11ClFNO3. The van der Waals surface area contributed by atoms with E-state index in [1.54, 1.807) is 6.92 Å². The lowest BCUT2D eigenvalue weighted by molar-refractivity contribution is -0.385. The first-order chi connectivity index (χ1) is 9.51. The zero-order valence-electron chi connectivity index (χ0n) is 10.6. The van der Waals surface area contributed by atoms with E-state index < -0.39 is 4.92 Å². The predicted molar refractivity (Wildman–Crippen MR) is 73.9 cm³/mol. The van der Waals surface area contributed by atoms with Gasteiger partial charge in [0.25, 0.3) is 5.69 Å². The van der Waals surface area contributed by atoms with Gasteiger partial charge in [-0.3, -0.25) is 10.1 Å². The second-order valence-electron chi connectivity index (χ2n) is 4.19. The van der Waals surface area contributed by atoms with E-state index in [-0.39, 0.29) is 17.4 Å². The summed E-state index contributed by atoms with van der Waals surface area (Å²) in [7, 11) is 0. The first kappa shape index (κ1) is 14.3. The van der Waals surface area contributed by atoms with Crippen LogP contribution < -0.4 is 4.74 Å². The predicted octanol–water partition coefficient (Wildman–Crippen LogP) is 4.57. The molecule has 0 aromatic heterocycles. The summed E-state index contributed by atoms with van der Waals surface area (Å²) in [5, 5.41) is 10.8. The van der Waals surface area contributed by atoms with Crippen molar-refractivity contribution >= 4 is 17.3 Å². The van der Waals surface area contributed by atoms with Crippen molar-refractivity contribution in [1.82, 2.24) is 0 Å². The molecular weight excluding hydrogens is 285 g/mol. The summed E-state index contributed by atoms with van der Waals surface area (Å²) < 4.78 is 18.6. The highest BCUT2D eigenvalue weighted by atomic mass is 35.5. The van der Waals surface area contributed by atoms with Crippen LogP contribution in [0.1, 0.15) is 11.1 Å². The Hall–Kier alpha value is -2.14. The number of aryl methyl sites for hydroxylation is 1. The van der Waals surface area contributed by atoms with Crippen LogP contribution in [-0.2, 0) is 5.88 Å². The molecule has 0 amide bonds. The largest absolute Gasteiger partial charge is 0.457 e. The number of hydrogen-bond acceptors (Lipinski definition) is 3. The highest BCUT2D eigenvalue weighted by Crippen LogP contribution is 2.30. The van der Waals surface area contributed by atoms with Gasteiger partial charge in [-0.05, 0) is 42.8 Å². The topological polar surface area (TPSA) is 52.4 Å². The minimum Gasteiger partial charge on any atom is -0.457 e. The van der Waals surface area contributed by atoms with Crippen molar-refractivity contribution in [3.05, 3.63) is 63.5 Å². The van der Waals surface area contributed by atoms with Gasteiger partial charge in [-0.25, -0.2) is 4.39 Å². The van der Waals surface area contributed by atoms with Gasteiger partial charge in [0, 0.05) is 11.6 Å². The zero-order valence-corrected chi connectivity index (χ0v) is 11.4. The van der Waals surface area contributed by atoms with E-state index in [0.717, 1.165) is 0 Å². The van der Waals surface area contributed by atoms with Crippen LogP contribution in [0.15, 0.2) is 36.4 Å². The lowest BCUT2D eigenvalue weighted by Crippen LogP contribution is -1.95. The van der Waals surface area contributed by atoms with E-state index in [0.29, 0.717) is 22.6 Å². The number of hydrogen-bond donors (Lipinski definition) is 0. The molecule has 0 saturated heterocycles. The first-order valence-electron chi connectivity index (χ1n) is 5.78. The maximum absolute atomic E-state index is 13.0. The molecule has 0 heterocycles. The molecule has 0 atom stereocenters. The molecule has 2 rings (SSSR count). The van der Waals surface area contributed by atoms with Crippen molar-refractivity contribution in [1.29, 1.82) is 0 Å². The Balaban J connectivity index is 2.32. The fourth-order valence-corrected chi connectivity index (χ4v) is 1.98. The van der Waals surface area contributed by atoms with Gasteiger partial charge in [-0.15, -0.1) is 11.6 Å². The lowest BCUT2D eigenvalue weighted by atomic mass is 10.2. The smallest absolute Gasteiger partial charge is 0.274 e. The molecule has 0 fully saturated rings. The molecule has 0 aliphatic rings. The van der Waals surface area contributed by atoms with Crippen LogP contribution in [0.25, 0.3) is 0 Å². The average molecular weight is 296 g/mol. The molecule has 2 aromatic rings. The van der Waals surface area contributed by atoms with Crippen molar-refractivity contribution in [2.24, 2.45) is 0 Å². The summed E-state index contributed by atoms with van der Waals surface area (Å²) in [5.74, 6) is 0.567. The SMILES string of the molecule is Cc1cc(F)ccc1Oc1ccc([N+](=O)[O-])c(CCl)c1. The molecule has 6 heteroatoms. The van der Waals surface area contributed by atoms with Crippen LogP contribution in [0.4, 0.5) is 10.1 Å². The van der Waals surface area contributed by atoms with Crippen LogP contribution in [-0.4, -0.2) is 4.92 Å². The number of nitrogens with zero attached hydrogens (tertiary/aromatic N) is 1. The highest BCUT2D eigenvalue weighted by molar-refractivity contribution is 6.17. The van der Waals surface area contributed by atoms with E-state index in [2.05, 4.69) is 0 Å². The summed E-state index contributed by atoms with van der Waals surface area (Å²) in [6.07, 6.45) is 0. The van der Waals surface area contributed by atoms with Crippen LogP contribution in [0.3, 0.4) is 0 Å². The summed E-state index contributed by atoms with van der Waals surface area (Å²) in [6, 6.07) is 8.47. The highest BCUT2D eigenvalue weighted by Gasteiger charge is 2.14. The quantitative estimate of drug-likeness (QED) is 0.471. The molecule has 4 nitrogen and oxygen atoms in total. The number of rotatable bonds is 4. The molecule has 0 unspecified atom stereocenters. The molecule has 0 spiro atoms. The Morgan fingerprint density at radius 2 is 2.05 bits per heavy atom. The van der Waals surface area contributed by atoms with Crippen LogP contribution in [0.5, 0.6) is 11.5 Å². The van der Waals surface area contributed by atoms with Gasteiger partial charge in [-0.1, -0.05) is 0 Å². The molecule has 20 heavy (non-hydrogen) atoms. The van der Waals surface area contributed by atoms with Gasteiger partial charge in [-0.2, -0.15) is 0 Å². The van der Waals surface area contributed by atoms with Crippen molar-refractivity contribution in [2.45, 2.75) is 12.8 Å². The number of halogens is 2. The first-order valence-corrected chi connectivity index (χ1v) is 6.32. The Morgan fingerprint density at radius 1 is 1.30 bits per heavy atom. The minimum absolute atomic E-state index is 0.00983. The van der Waals surface area contributed by atoms with Gasteiger partial charge < -0.3 is 4.74 Å². The number of nitro benzene ring substituents is 1. The second-order valence-corrected chi connectivity index (χ2v) is 4.46. The second kappa shape index (κ2) is 5.88. The zero-order chi connectivity index (χ0) is 14.7. The van der Waals surface area contributed by atoms with E-state index in [4.69, 9.17) is 16.3 Å². The normalized spacial score (nSPS) is 10.3.